The van der Waals surface area contributed by atoms with E-state index in [1.807, 2.05) is 18.7 Å². The number of aromatic nitrogens is 2. The summed E-state index contributed by atoms with van der Waals surface area (Å²) in [6.45, 7) is 12.4. The third kappa shape index (κ3) is 2.85. The molecule has 0 fully saturated rings. The van der Waals surface area contributed by atoms with E-state index in [4.69, 9.17) is 0 Å². The Morgan fingerprint density at radius 3 is 2.44 bits per heavy atom. The number of hydrogen-bond acceptors (Lipinski definition) is 4. The van der Waals surface area contributed by atoms with Crippen molar-refractivity contribution < 1.29 is 9.90 Å². The second-order valence-electron chi connectivity index (χ2n) is 4.39. The van der Waals surface area contributed by atoms with Crippen molar-refractivity contribution in [3.8, 4) is 0 Å². The molecule has 0 radical (unpaired) electrons. The molecule has 0 unspecified atom stereocenters. The smallest absolute Gasteiger partial charge is 0.339 e. The van der Waals surface area contributed by atoms with Gasteiger partial charge in [-0.05, 0) is 33.3 Å². The molecule has 0 saturated carbocycles. The summed E-state index contributed by atoms with van der Waals surface area (Å²) in [5.41, 5.74) is 2.48. The van der Waals surface area contributed by atoms with Gasteiger partial charge in [0.1, 0.15) is 5.56 Å². The minimum atomic E-state index is -0.972. The summed E-state index contributed by atoms with van der Waals surface area (Å²) >= 11 is 0. The number of carboxylic acids is 1. The van der Waals surface area contributed by atoms with E-state index < -0.39 is 5.97 Å². The van der Waals surface area contributed by atoms with Crippen LogP contribution in [0, 0.1) is 13.8 Å². The highest BCUT2D eigenvalue weighted by molar-refractivity contribution is 5.95. The maximum absolute atomic E-state index is 11.4. The van der Waals surface area contributed by atoms with Crippen molar-refractivity contribution in [1.82, 2.24) is 10.2 Å². The molecule has 0 spiro atoms. The average molecular weight is 249 g/mol. The zero-order valence-electron chi connectivity index (χ0n) is 11.3. The van der Waals surface area contributed by atoms with Crippen LogP contribution in [0.5, 0.6) is 0 Å². The molecule has 1 aromatic heterocycles. The normalized spacial score (nSPS) is 10.2. The van der Waals surface area contributed by atoms with Crippen molar-refractivity contribution in [2.75, 3.05) is 18.0 Å². The number of aryl methyl sites for hydroxylation is 1. The van der Waals surface area contributed by atoms with Crippen molar-refractivity contribution >= 4 is 11.8 Å². The van der Waals surface area contributed by atoms with Crippen LogP contribution in [-0.2, 0) is 0 Å². The number of carbonyl (C=O) groups is 1. The summed E-state index contributed by atoms with van der Waals surface area (Å²) in [4.78, 5) is 13.3. The van der Waals surface area contributed by atoms with Gasteiger partial charge < -0.3 is 10.0 Å². The lowest BCUT2D eigenvalue weighted by molar-refractivity contribution is 0.0696. The largest absolute Gasteiger partial charge is 0.478 e. The number of nitrogens with zero attached hydrogens (tertiary/aromatic N) is 3. The maximum Gasteiger partial charge on any atom is 0.339 e. The van der Waals surface area contributed by atoms with Crippen molar-refractivity contribution in [2.45, 2.75) is 27.7 Å². The third-order valence-corrected chi connectivity index (χ3v) is 2.79. The molecule has 0 saturated heterocycles. The Kier molecular flexibility index (Phi) is 4.42. The second-order valence-corrected chi connectivity index (χ2v) is 4.39. The first-order chi connectivity index (χ1) is 8.38. The van der Waals surface area contributed by atoms with Crippen LogP contribution in [0.4, 0.5) is 5.82 Å². The number of hydrogen-bond donors (Lipinski definition) is 1. The Morgan fingerprint density at radius 2 is 2.00 bits per heavy atom. The quantitative estimate of drug-likeness (QED) is 0.810. The molecule has 0 aliphatic carbocycles. The van der Waals surface area contributed by atoms with Crippen LogP contribution in [-0.4, -0.2) is 34.4 Å². The molecule has 0 aliphatic rings. The van der Waals surface area contributed by atoms with E-state index in [2.05, 4.69) is 16.8 Å². The highest BCUT2D eigenvalue weighted by Gasteiger charge is 2.21. The number of anilines is 1. The lowest BCUT2D eigenvalue weighted by Crippen LogP contribution is -2.28. The molecule has 98 valence electrons. The standard InChI is InChI=1S/C13H19N3O2/c1-6-16(7-8(2)3)12-11(13(17)18)9(4)10(5)14-15-12/h2,6-7H2,1,3-5H3,(H,17,18). The van der Waals surface area contributed by atoms with Gasteiger partial charge in [-0.25, -0.2) is 4.79 Å². The third-order valence-electron chi connectivity index (χ3n) is 2.79. The van der Waals surface area contributed by atoms with Crippen molar-refractivity contribution in [1.29, 1.82) is 0 Å². The molecule has 5 nitrogen and oxygen atoms in total. The highest BCUT2D eigenvalue weighted by atomic mass is 16.4. The Balaban J connectivity index is 3.34. The van der Waals surface area contributed by atoms with Gasteiger partial charge in [0.2, 0.25) is 0 Å². The molecule has 1 rings (SSSR count). The van der Waals surface area contributed by atoms with Crippen LogP contribution in [0.15, 0.2) is 12.2 Å². The summed E-state index contributed by atoms with van der Waals surface area (Å²) in [6, 6.07) is 0. The van der Waals surface area contributed by atoms with E-state index in [0.717, 1.165) is 5.57 Å². The van der Waals surface area contributed by atoms with Crippen LogP contribution >= 0.6 is 0 Å². The van der Waals surface area contributed by atoms with Gasteiger partial charge in [-0.3, -0.25) is 0 Å². The molecular formula is C13H19N3O2. The Hall–Kier alpha value is -1.91. The van der Waals surface area contributed by atoms with Gasteiger partial charge in [0.25, 0.3) is 0 Å². The van der Waals surface area contributed by atoms with Gasteiger partial charge in [0.15, 0.2) is 5.82 Å². The predicted octanol–water partition coefficient (Wildman–Crippen LogP) is 2.19. The number of aromatic carboxylic acids is 1. The summed E-state index contributed by atoms with van der Waals surface area (Å²) < 4.78 is 0. The van der Waals surface area contributed by atoms with E-state index >= 15 is 0 Å². The summed E-state index contributed by atoms with van der Waals surface area (Å²) in [6.07, 6.45) is 0. The monoisotopic (exact) mass is 249 g/mol. The van der Waals surface area contributed by atoms with Crippen molar-refractivity contribution in [3.63, 3.8) is 0 Å². The lowest BCUT2D eigenvalue weighted by Gasteiger charge is -2.24. The first kappa shape index (κ1) is 14.2. The fourth-order valence-electron chi connectivity index (χ4n) is 1.74. The zero-order valence-corrected chi connectivity index (χ0v) is 11.3. The number of carboxylic acid groups (broad SMARTS) is 1. The summed E-state index contributed by atoms with van der Waals surface area (Å²) in [5, 5.41) is 17.4. The van der Waals surface area contributed by atoms with Gasteiger partial charge >= 0.3 is 5.97 Å². The van der Waals surface area contributed by atoms with E-state index in [-0.39, 0.29) is 5.56 Å². The molecule has 0 atom stereocenters. The van der Waals surface area contributed by atoms with Crippen molar-refractivity contribution in [3.05, 3.63) is 29.0 Å². The van der Waals surface area contributed by atoms with E-state index in [0.29, 0.717) is 30.2 Å². The fraction of sp³-hybridized carbons (Fsp3) is 0.462. The van der Waals surface area contributed by atoms with Crippen LogP contribution in [0.25, 0.3) is 0 Å². The van der Waals surface area contributed by atoms with E-state index in [1.54, 1.807) is 13.8 Å². The Labute approximate surface area is 107 Å². The molecule has 5 heteroatoms. The van der Waals surface area contributed by atoms with Crippen LogP contribution < -0.4 is 4.90 Å². The summed E-state index contributed by atoms with van der Waals surface area (Å²) in [5.74, 6) is -0.559. The average Bonchev–Trinajstić information content (AvgIpc) is 2.28. The first-order valence-corrected chi connectivity index (χ1v) is 5.85. The summed E-state index contributed by atoms with van der Waals surface area (Å²) in [7, 11) is 0. The minimum absolute atomic E-state index is 0.227. The van der Waals surface area contributed by atoms with Crippen LogP contribution in [0.1, 0.15) is 35.5 Å². The molecule has 1 heterocycles. The predicted molar refractivity (Wildman–Crippen MR) is 71.2 cm³/mol. The molecule has 0 aromatic carbocycles. The number of likely N-dealkylation sites (N-methyl/N-ethyl adjacent to an activating group) is 1. The molecule has 0 amide bonds. The van der Waals surface area contributed by atoms with Gasteiger partial charge in [-0.1, -0.05) is 12.2 Å². The zero-order chi connectivity index (χ0) is 13.9. The highest BCUT2D eigenvalue weighted by Crippen LogP contribution is 2.22. The lowest BCUT2D eigenvalue weighted by atomic mass is 10.1. The molecule has 1 N–H and O–H groups in total. The molecule has 0 bridgehead atoms. The molecule has 0 aliphatic heterocycles. The van der Waals surface area contributed by atoms with Gasteiger partial charge in [-0.15, -0.1) is 5.10 Å². The fourth-order valence-corrected chi connectivity index (χ4v) is 1.74. The van der Waals surface area contributed by atoms with E-state index in [1.165, 1.54) is 0 Å². The van der Waals surface area contributed by atoms with Gasteiger partial charge in [-0.2, -0.15) is 5.10 Å². The number of rotatable bonds is 5. The van der Waals surface area contributed by atoms with Crippen molar-refractivity contribution in [2.24, 2.45) is 0 Å². The molecular weight excluding hydrogens is 230 g/mol. The first-order valence-electron chi connectivity index (χ1n) is 5.85. The van der Waals surface area contributed by atoms with E-state index in [9.17, 15) is 9.90 Å². The molecule has 1 aromatic rings. The minimum Gasteiger partial charge on any atom is -0.478 e. The maximum atomic E-state index is 11.4. The Bertz CT molecular complexity index is 483. The SMILES string of the molecule is C=C(C)CN(CC)c1nnc(C)c(C)c1C(=O)O. The Morgan fingerprint density at radius 1 is 1.39 bits per heavy atom. The van der Waals surface area contributed by atoms with Crippen LogP contribution in [0.2, 0.25) is 0 Å². The molecule has 18 heavy (non-hydrogen) atoms. The second kappa shape index (κ2) is 5.62. The van der Waals surface area contributed by atoms with Gasteiger partial charge in [0, 0.05) is 13.1 Å². The van der Waals surface area contributed by atoms with Gasteiger partial charge in [0.05, 0.1) is 5.69 Å². The van der Waals surface area contributed by atoms with Crippen LogP contribution in [0.3, 0.4) is 0 Å². The topological polar surface area (TPSA) is 66.3 Å².